The molecule has 23 nitrogen and oxygen atoms in total. The number of carbonyl (C=O) groups excluding carboxylic acids is 9. The molecule has 8 N–H and O–H groups in total. The molecule has 2 aromatic rings. The van der Waals surface area contributed by atoms with Crippen LogP contribution in [0.1, 0.15) is 142 Å². The molecular formula is C57H94N10O13. The van der Waals surface area contributed by atoms with Gasteiger partial charge in [0, 0.05) is 26.1 Å². The van der Waals surface area contributed by atoms with Crippen molar-refractivity contribution in [2.75, 3.05) is 7.11 Å². The third-order valence-electron chi connectivity index (χ3n) is 12.5. The van der Waals surface area contributed by atoms with Crippen molar-refractivity contribution in [3.8, 4) is 0 Å². The smallest absolute Gasteiger partial charge is 0.408 e. The Morgan fingerprint density at radius 1 is 0.525 bits per heavy atom. The molecule has 1 aromatic carbocycles. The predicted molar refractivity (Wildman–Crippen MR) is 301 cm³/mol. The van der Waals surface area contributed by atoms with Crippen molar-refractivity contribution in [1.29, 1.82) is 0 Å². The summed E-state index contributed by atoms with van der Waals surface area (Å²) in [5.41, 5.74) is -1.33. The summed E-state index contributed by atoms with van der Waals surface area (Å²) in [7, 11) is 2.96. The molecule has 0 unspecified atom stereocenters. The third-order valence-corrected chi connectivity index (χ3v) is 12.5. The van der Waals surface area contributed by atoms with Crippen LogP contribution < -0.4 is 42.5 Å². The average molecular weight is 1130 g/mol. The Bertz CT molecular complexity index is 2390. The van der Waals surface area contributed by atoms with E-state index in [0.717, 1.165) is 0 Å². The van der Waals surface area contributed by atoms with Gasteiger partial charge in [0.25, 0.3) is 0 Å². The Balaban J connectivity index is 2.45. The summed E-state index contributed by atoms with van der Waals surface area (Å²) in [5.74, 6) is -7.46. The van der Waals surface area contributed by atoms with Gasteiger partial charge in [0.1, 0.15) is 53.9 Å². The standard InChI is InChI=1S/C57H94N10O13/c1-21-33(6)43(53(75)77-20)64-52(74)45(36(9)79-56(13,14)15)66-50(72)42(32(4)5)62-47(69)39(27-37-25-23-22-24-26-37)60-46(68)34(7)59-49(71)41(31(2)3)63-51(73)44(35(8)78-55(10,11)12)65-48(70)40(28-38-29-67(19)30-58-38)61-54(76)80-57(16,17)18/h22-26,29-36,39-45H,21,27-28H2,1-20H3,(H,59,71)(H,60,68)(H,61,76)(H,62,69)(H,63,73)(H,64,74)(H,65,70)(H,66,72)/t33-,34-,35+,36+,39+,40-,41+,42+,43-,44-,45-/m0/s1. The molecule has 1 aromatic heterocycles. The number of aryl methyl sites for hydroxylation is 1. The first kappa shape index (κ1) is 69.5. The predicted octanol–water partition coefficient (Wildman–Crippen LogP) is 3.45. The van der Waals surface area contributed by atoms with E-state index in [9.17, 15) is 43.2 Å². The van der Waals surface area contributed by atoms with E-state index in [0.29, 0.717) is 17.7 Å². The van der Waals surface area contributed by atoms with Gasteiger partial charge in [0.2, 0.25) is 41.4 Å². The van der Waals surface area contributed by atoms with Crippen molar-refractivity contribution >= 4 is 53.4 Å². The lowest BCUT2D eigenvalue weighted by Gasteiger charge is -2.34. The van der Waals surface area contributed by atoms with Crippen LogP contribution in [0.3, 0.4) is 0 Å². The van der Waals surface area contributed by atoms with Crippen LogP contribution in [-0.4, -0.2) is 147 Å². The lowest BCUT2D eigenvalue weighted by molar-refractivity contribution is -0.148. The number of methoxy groups -OCH3 is 1. The molecule has 0 aliphatic rings. The van der Waals surface area contributed by atoms with Gasteiger partial charge >= 0.3 is 12.1 Å². The maximum atomic E-state index is 14.4. The fourth-order valence-electron chi connectivity index (χ4n) is 8.31. The highest BCUT2D eigenvalue weighted by Gasteiger charge is 2.40. The lowest BCUT2D eigenvalue weighted by Crippen LogP contribution is -2.63. The van der Waals surface area contributed by atoms with Crippen molar-refractivity contribution in [2.45, 2.75) is 221 Å². The number of nitrogens with zero attached hydrogens (tertiary/aromatic N) is 2. The second-order valence-electron chi connectivity index (χ2n) is 24.1. The maximum Gasteiger partial charge on any atom is 0.408 e. The second kappa shape index (κ2) is 30.8. The van der Waals surface area contributed by atoms with Crippen LogP contribution >= 0.6 is 0 Å². The average Bonchev–Trinajstić information content (AvgIpc) is 3.75. The number of alkyl carbamates (subject to hydrolysis) is 1. The Hall–Kier alpha value is -6.62. The van der Waals surface area contributed by atoms with Gasteiger partial charge in [0.05, 0.1) is 42.5 Å². The molecule has 1 heterocycles. The van der Waals surface area contributed by atoms with E-state index in [-0.39, 0.29) is 18.8 Å². The molecule has 8 amide bonds. The van der Waals surface area contributed by atoms with Crippen molar-refractivity contribution in [1.82, 2.24) is 52.1 Å². The molecule has 450 valence electrons. The lowest BCUT2D eigenvalue weighted by atomic mass is 9.97. The number of esters is 1. The van der Waals surface area contributed by atoms with Crippen molar-refractivity contribution < 1.29 is 62.1 Å². The van der Waals surface area contributed by atoms with Gasteiger partial charge in [0.15, 0.2) is 0 Å². The van der Waals surface area contributed by atoms with Crippen LogP contribution in [0, 0.1) is 17.8 Å². The molecule has 0 aliphatic carbocycles. The summed E-state index contributed by atoms with van der Waals surface area (Å²) in [6, 6.07) is -1.40. The van der Waals surface area contributed by atoms with Crippen LogP contribution in [0.2, 0.25) is 0 Å². The van der Waals surface area contributed by atoms with Gasteiger partial charge in [-0.1, -0.05) is 78.3 Å². The fraction of sp³-hybridized carbons (Fsp3) is 0.684. The number of amides is 8. The zero-order chi connectivity index (χ0) is 61.2. The first-order chi connectivity index (χ1) is 36.9. The van der Waals surface area contributed by atoms with Gasteiger partial charge in [-0.15, -0.1) is 0 Å². The zero-order valence-corrected chi connectivity index (χ0v) is 50.9. The number of aromatic nitrogens is 2. The van der Waals surface area contributed by atoms with Crippen LogP contribution in [0.25, 0.3) is 0 Å². The number of rotatable bonds is 28. The maximum absolute atomic E-state index is 14.4. The van der Waals surface area contributed by atoms with Gasteiger partial charge in [-0.2, -0.15) is 0 Å². The van der Waals surface area contributed by atoms with Gasteiger partial charge in [-0.3, -0.25) is 33.6 Å². The molecule has 2 rings (SSSR count). The first-order valence-corrected chi connectivity index (χ1v) is 27.4. The molecule has 0 aliphatic heterocycles. The van der Waals surface area contributed by atoms with E-state index in [2.05, 4.69) is 47.5 Å². The molecule has 0 saturated heterocycles. The summed E-state index contributed by atoms with van der Waals surface area (Å²) in [6.07, 6.45) is 0.838. The minimum Gasteiger partial charge on any atom is -0.467 e. The Kier molecular flexibility index (Phi) is 26.8. The molecule has 11 atom stereocenters. The summed E-state index contributed by atoms with van der Waals surface area (Å²) in [4.78, 5) is 130. The van der Waals surface area contributed by atoms with Crippen molar-refractivity contribution in [3.63, 3.8) is 0 Å². The Morgan fingerprint density at radius 3 is 1.38 bits per heavy atom. The monoisotopic (exact) mass is 1130 g/mol. The highest BCUT2D eigenvalue weighted by Crippen LogP contribution is 2.18. The quantitative estimate of drug-likeness (QED) is 0.0567. The Labute approximate surface area is 473 Å². The van der Waals surface area contributed by atoms with Gasteiger partial charge in [-0.05, 0) is 106 Å². The highest BCUT2D eigenvalue weighted by molar-refractivity contribution is 5.98. The third kappa shape index (κ3) is 24.0. The minimum atomic E-state index is -1.42. The summed E-state index contributed by atoms with van der Waals surface area (Å²) < 4.78 is 24.4. The number of carbonyl (C=O) groups is 9. The topological polar surface area (TPSA) is 305 Å². The van der Waals surface area contributed by atoms with Crippen molar-refractivity contribution in [2.24, 2.45) is 24.8 Å². The molecule has 0 radical (unpaired) electrons. The molecule has 0 fully saturated rings. The van der Waals surface area contributed by atoms with Crippen molar-refractivity contribution in [3.05, 3.63) is 54.1 Å². The summed E-state index contributed by atoms with van der Waals surface area (Å²) in [6.45, 7) is 30.6. The van der Waals surface area contributed by atoms with E-state index in [1.54, 1.807) is 159 Å². The van der Waals surface area contributed by atoms with Gasteiger partial charge < -0.3 is 66.0 Å². The normalized spacial score (nSPS) is 16.1. The van der Waals surface area contributed by atoms with E-state index >= 15 is 0 Å². The first-order valence-electron chi connectivity index (χ1n) is 27.4. The van der Waals surface area contributed by atoms with Crippen LogP contribution in [0.5, 0.6) is 0 Å². The summed E-state index contributed by atoms with van der Waals surface area (Å²) >= 11 is 0. The fourth-order valence-corrected chi connectivity index (χ4v) is 8.31. The highest BCUT2D eigenvalue weighted by atomic mass is 16.6. The van der Waals surface area contributed by atoms with E-state index in [1.807, 2.05) is 6.92 Å². The molecule has 0 bridgehead atoms. The molecule has 0 saturated carbocycles. The second-order valence-corrected chi connectivity index (χ2v) is 24.1. The number of nitrogens with one attached hydrogen (secondary N) is 8. The SMILES string of the molecule is CC[C@H](C)[C@H](NC(=O)[C@@H](NC(=O)[C@H](NC(=O)[C@@H](Cc1ccccc1)NC(=O)[C@H](C)NC(=O)[C@H](NC(=O)[C@@H](NC(=O)[C@H](Cc1cn(C)cn1)NC(=O)OC(C)(C)C)[C@@H](C)OC(C)(C)C)C(C)C)C(C)C)[C@@H](C)OC(C)(C)C)C(=O)OC. The Morgan fingerprint density at radius 2 is 0.950 bits per heavy atom. The molecular weight excluding hydrogens is 1030 g/mol. The number of ether oxygens (including phenoxy) is 4. The number of hydrogen-bond donors (Lipinski definition) is 8. The number of benzene rings is 1. The van der Waals surface area contributed by atoms with E-state index < -0.39 is 143 Å². The zero-order valence-electron chi connectivity index (χ0n) is 50.9. The van der Waals surface area contributed by atoms with Crippen LogP contribution in [-0.2, 0) is 77.2 Å². The van der Waals surface area contributed by atoms with Crippen LogP contribution in [0.4, 0.5) is 4.79 Å². The number of hydrogen-bond acceptors (Lipinski definition) is 14. The molecule has 23 heteroatoms. The van der Waals surface area contributed by atoms with E-state index in [1.165, 1.54) is 20.4 Å². The molecule has 0 spiro atoms. The largest absolute Gasteiger partial charge is 0.467 e. The van der Waals surface area contributed by atoms with Gasteiger partial charge in [-0.25, -0.2) is 14.6 Å². The molecule has 80 heavy (non-hydrogen) atoms. The summed E-state index contributed by atoms with van der Waals surface area (Å²) in [5, 5.41) is 21.7. The van der Waals surface area contributed by atoms with E-state index in [4.69, 9.17) is 18.9 Å². The number of imidazole rings is 1. The minimum absolute atomic E-state index is 0.0415. The van der Waals surface area contributed by atoms with Crippen LogP contribution in [0.15, 0.2) is 42.9 Å².